The lowest BCUT2D eigenvalue weighted by atomic mass is 10.1. The molecule has 0 saturated heterocycles. The van der Waals surface area contributed by atoms with E-state index in [1.807, 2.05) is 37.3 Å². The molecule has 2 aromatic carbocycles. The van der Waals surface area contributed by atoms with Crippen molar-refractivity contribution in [2.75, 3.05) is 0 Å². The predicted octanol–water partition coefficient (Wildman–Crippen LogP) is 3.62. The molecule has 0 bridgehead atoms. The van der Waals surface area contributed by atoms with E-state index in [4.69, 9.17) is 0 Å². The van der Waals surface area contributed by atoms with Gasteiger partial charge in [-0.1, -0.05) is 18.2 Å². The number of benzene rings is 2. The van der Waals surface area contributed by atoms with E-state index >= 15 is 0 Å². The summed E-state index contributed by atoms with van der Waals surface area (Å²) in [5.41, 5.74) is 3.84. The molecule has 2 aromatic rings. The van der Waals surface area contributed by atoms with Crippen molar-refractivity contribution >= 4 is 29.1 Å². The maximum absolute atomic E-state index is 12.1. The van der Waals surface area contributed by atoms with E-state index in [0.29, 0.717) is 11.3 Å². The molecule has 6 nitrogen and oxygen atoms in total. The van der Waals surface area contributed by atoms with Crippen molar-refractivity contribution in [3.63, 3.8) is 0 Å². The molecular weight excluding hydrogens is 326 g/mol. The molecule has 0 saturated carbocycles. The van der Waals surface area contributed by atoms with Crippen molar-refractivity contribution in [3.8, 4) is 0 Å². The molecule has 1 amide bonds. The largest absolute Gasteiger partial charge is 0.272 e. The number of hydrogen-bond acceptors (Lipinski definition) is 5. The first-order chi connectivity index (χ1) is 11.5. The van der Waals surface area contributed by atoms with E-state index in [2.05, 4.69) is 10.5 Å². The number of carbonyl (C=O) groups excluding carboxylic acids is 1. The van der Waals surface area contributed by atoms with E-state index < -0.39 is 4.92 Å². The van der Waals surface area contributed by atoms with E-state index in [1.165, 1.54) is 23.9 Å². The lowest BCUT2D eigenvalue weighted by molar-refractivity contribution is -0.384. The van der Waals surface area contributed by atoms with Gasteiger partial charge in [-0.05, 0) is 43.7 Å². The number of carbonyl (C=O) groups is 1. The summed E-state index contributed by atoms with van der Waals surface area (Å²) in [4.78, 5) is 23.3. The number of nitrogens with one attached hydrogen (secondary N) is 1. The third-order valence-corrected chi connectivity index (χ3v) is 4.37. The summed E-state index contributed by atoms with van der Waals surface area (Å²) in [7, 11) is 0. The smallest absolute Gasteiger partial charge is 0.269 e. The Kier molecular flexibility index (Phi) is 6.08. The van der Waals surface area contributed by atoms with Crippen LogP contribution < -0.4 is 5.43 Å². The molecule has 0 aliphatic heterocycles. The average molecular weight is 343 g/mol. The number of hydrazone groups is 1. The molecule has 2 rings (SSSR count). The van der Waals surface area contributed by atoms with E-state index in [9.17, 15) is 14.9 Å². The minimum Gasteiger partial charge on any atom is -0.272 e. The summed E-state index contributed by atoms with van der Waals surface area (Å²) in [6.45, 7) is 3.54. The summed E-state index contributed by atoms with van der Waals surface area (Å²) in [6.07, 6.45) is 0. The Morgan fingerprint density at radius 2 is 1.79 bits per heavy atom. The van der Waals surface area contributed by atoms with Crippen LogP contribution in [0.2, 0.25) is 0 Å². The Hall–Kier alpha value is -2.67. The average Bonchev–Trinajstić information content (AvgIpc) is 2.60. The van der Waals surface area contributed by atoms with Crippen LogP contribution in [-0.2, 0) is 4.79 Å². The van der Waals surface area contributed by atoms with Gasteiger partial charge in [-0.25, -0.2) is 5.43 Å². The number of thioether (sulfide) groups is 1. The fraction of sp³-hybridized carbons (Fsp3) is 0.176. The molecule has 124 valence electrons. The Bertz CT molecular complexity index is 745. The van der Waals surface area contributed by atoms with Crippen LogP contribution in [0.1, 0.15) is 19.4 Å². The second-order valence-electron chi connectivity index (χ2n) is 5.05. The van der Waals surface area contributed by atoms with Gasteiger partial charge >= 0.3 is 0 Å². The molecule has 1 N–H and O–H groups in total. The van der Waals surface area contributed by atoms with Crippen LogP contribution in [0.25, 0.3) is 0 Å². The van der Waals surface area contributed by atoms with Gasteiger partial charge < -0.3 is 0 Å². The summed E-state index contributed by atoms with van der Waals surface area (Å²) in [6, 6.07) is 15.7. The number of nitro benzene ring substituents is 1. The van der Waals surface area contributed by atoms with Crippen LogP contribution in [0.5, 0.6) is 0 Å². The van der Waals surface area contributed by atoms with Crippen LogP contribution in [0.3, 0.4) is 0 Å². The van der Waals surface area contributed by atoms with Crippen LogP contribution in [0.15, 0.2) is 64.6 Å². The van der Waals surface area contributed by atoms with Crippen molar-refractivity contribution in [1.29, 1.82) is 0 Å². The van der Waals surface area contributed by atoms with E-state index in [0.717, 1.165) is 4.90 Å². The van der Waals surface area contributed by atoms with Gasteiger partial charge in [0.25, 0.3) is 11.6 Å². The summed E-state index contributed by atoms with van der Waals surface area (Å²) < 4.78 is 0. The second-order valence-corrected chi connectivity index (χ2v) is 6.46. The first-order valence-corrected chi connectivity index (χ1v) is 8.16. The molecule has 1 atom stereocenters. The van der Waals surface area contributed by atoms with Crippen molar-refractivity contribution in [3.05, 3.63) is 70.3 Å². The first-order valence-electron chi connectivity index (χ1n) is 7.28. The van der Waals surface area contributed by atoms with Gasteiger partial charge in [0, 0.05) is 17.0 Å². The third-order valence-electron chi connectivity index (χ3n) is 3.25. The molecule has 1 unspecified atom stereocenters. The minimum atomic E-state index is -0.458. The highest BCUT2D eigenvalue weighted by molar-refractivity contribution is 8.00. The number of non-ortho nitro benzene ring substituents is 1. The summed E-state index contributed by atoms with van der Waals surface area (Å²) in [5.74, 6) is -0.204. The van der Waals surface area contributed by atoms with Crippen LogP contribution in [0.4, 0.5) is 5.69 Å². The monoisotopic (exact) mass is 343 g/mol. The molecule has 0 radical (unpaired) electrons. The number of hydrogen-bond donors (Lipinski definition) is 1. The number of nitrogens with zero attached hydrogens (tertiary/aromatic N) is 2. The van der Waals surface area contributed by atoms with Crippen LogP contribution in [-0.4, -0.2) is 21.8 Å². The first kappa shape index (κ1) is 17.7. The number of nitro groups is 1. The fourth-order valence-electron chi connectivity index (χ4n) is 1.88. The zero-order chi connectivity index (χ0) is 17.5. The molecule has 0 aromatic heterocycles. The summed E-state index contributed by atoms with van der Waals surface area (Å²) in [5, 5.41) is 14.4. The molecule has 0 fully saturated rings. The number of rotatable bonds is 6. The third kappa shape index (κ3) is 4.92. The van der Waals surface area contributed by atoms with Crippen molar-refractivity contribution < 1.29 is 9.72 Å². The van der Waals surface area contributed by atoms with Crippen molar-refractivity contribution in [2.24, 2.45) is 5.10 Å². The van der Waals surface area contributed by atoms with Gasteiger partial charge in [-0.3, -0.25) is 14.9 Å². The predicted molar refractivity (Wildman–Crippen MR) is 95.2 cm³/mol. The van der Waals surface area contributed by atoms with Gasteiger partial charge in [0.05, 0.1) is 15.9 Å². The van der Waals surface area contributed by atoms with Crippen LogP contribution >= 0.6 is 11.8 Å². The zero-order valence-electron chi connectivity index (χ0n) is 13.3. The standard InChI is InChI=1S/C17H17N3O3S/c1-12(14-8-10-15(11-9-14)20(22)23)18-19-17(21)13(2)24-16-6-4-3-5-7-16/h3-11,13H,1-2H3,(H,19,21). The van der Waals surface area contributed by atoms with Crippen molar-refractivity contribution in [2.45, 2.75) is 24.0 Å². The molecule has 24 heavy (non-hydrogen) atoms. The highest BCUT2D eigenvalue weighted by atomic mass is 32.2. The maximum atomic E-state index is 12.1. The normalized spacial score (nSPS) is 12.5. The molecule has 7 heteroatoms. The molecular formula is C17H17N3O3S. The quantitative estimate of drug-likeness (QED) is 0.376. The second kappa shape index (κ2) is 8.26. The lowest BCUT2D eigenvalue weighted by Gasteiger charge is -2.10. The van der Waals surface area contributed by atoms with Gasteiger partial charge in [0.15, 0.2) is 0 Å². The lowest BCUT2D eigenvalue weighted by Crippen LogP contribution is -2.27. The molecule has 0 heterocycles. The zero-order valence-corrected chi connectivity index (χ0v) is 14.1. The van der Waals surface area contributed by atoms with Crippen LogP contribution in [0, 0.1) is 10.1 Å². The fourth-order valence-corrected chi connectivity index (χ4v) is 2.76. The Labute approximate surface area is 144 Å². The Balaban J connectivity index is 1.95. The molecule has 0 spiro atoms. The highest BCUT2D eigenvalue weighted by Crippen LogP contribution is 2.22. The van der Waals surface area contributed by atoms with Gasteiger partial charge in [0.1, 0.15) is 0 Å². The Morgan fingerprint density at radius 3 is 2.38 bits per heavy atom. The van der Waals surface area contributed by atoms with E-state index in [1.54, 1.807) is 19.1 Å². The Morgan fingerprint density at radius 1 is 1.17 bits per heavy atom. The minimum absolute atomic E-state index is 0.0171. The topological polar surface area (TPSA) is 84.6 Å². The molecule has 0 aliphatic rings. The van der Waals surface area contributed by atoms with E-state index in [-0.39, 0.29) is 16.8 Å². The SMILES string of the molecule is CC(=NNC(=O)C(C)Sc1ccccc1)c1ccc([N+](=O)[O-])cc1. The highest BCUT2D eigenvalue weighted by Gasteiger charge is 2.14. The van der Waals surface area contributed by atoms with Gasteiger partial charge in [-0.15, -0.1) is 11.8 Å². The van der Waals surface area contributed by atoms with Gasteiger partial charge in [-0.2, -0.15) is 5.10 Å². The maximum Gasteiger partial charge on any atom is 0.269 e. The summed E-state index contributed by atoms with van der Waals surface area (Å²) >= 11 is 1.45. The van der Waals surface area contributed by atoms with Gasteiger partial charge in [0.2, 0.25) is 0 Å². The molecule has 0 aliphatic carbocycles. The number of amides is 1. The van der Waals surface area contributed by atoms with Crippen molar-refractivity contribution in [1.82, 2.24) is 5.43 Å².